The number of thioether (sulfide) groups is 1. The van der Waals surface area contributed by atoms with Gasteiger partial charge in [0.25, 0.3) is 0 Å². The molecule has 22 heavy (non-hydrogen) atoms. The van der Waals surface area contributed by atoms with Gasteiger partial charge in [0.1, 0.15) is 0 Å². The molecule has 1 aromatic heterocycles. The van der Waals surface area contributed by atoms with E-state index in [9.17, 15) is 0 Å². The van der Waals surface area contributed by atoms with Crippen molar-refractivity contribution in [2.24, 2.45) is 0 Å². The molecule has 1 fully saturated rings. The summed E-state index contributed by atoms with van der Waals surface area (Å²) in [6.07, 6.45) is 3.87. The van der Waals surface area contributed by atoms with E-state index < -0.39 is 0 Å². The van der Waals surface area contributed by atoms with Crippen molar-refractivity contribution < 1.29 is 0 Å². The predicted octanol–water partition coefficient (Wildman–Crippen LogP) is 3.29. The first-order valence-electron chi connectivity index (χ1n) is 8.49. The summed E-state index contributed by atoms with van der Waals surface area (Å²) in [5.41, 5.74) is 1.56. The number of hydrogen-bond acceptors (Lipinski definition) is 5. The molecule has 3 nitrogen and oxygen atoms in total. The molecule has 0 aliphatic carbocycles. The Morgan fingerprint density at radius 1 is 1.32 bits per heavy atom. The Hall–Kier alpha value is -0.0700. The van der Waals surface area contributed by atoms with Crippen LogP contribution in [0.15, 0.2) is 15.7 Å². The predicted molar refractivity (Wildman–Crippen MR) is 98.1 cm³/mol. The number of fused-ring (bicyclic) bond motifs is 1. The molecule has 2 atom stereocenters. The molecule has 124 valence electrons. The number of thiophene rings is 1. The van der Waals surface area contributed by atoms with Crippen molar-refractivity contribution in [3.8, 4) is 0 Å². The van der Waals surface area contributed by atoms with Gasteiger partial charge in [-0.2, -0.15) is 0 Å². The molecule has 2 aliphatic heterocycles. The average Bonchev–Trinajstić information content (AvgIpc) is 2.94. The number of hydrogen-bond donors (Lipinski definition) is 1. The molecule has 1 N–H and O–H groups in total. The third-order valence-corrected chi connectivity index (χ3v) is 7.14. The average molecular weight is 340 g/mol. The molecular formula is C17H29N3S2. The standard InChI is InChI=1S/C17H29N3S2/c1-13-12-16(15-6-11-21-17(15)22-13)18-14-4-7-20(8-5-14)10-9-19(2)3/h6,11,13-14,16,18H,4-5,7-10,12H2,1-3H3/t13-,16-/m0/s1. The van der Waals surface area contributed by atoms with E-state index in [4.69, 9.17) is 0 Å². The smallest absolute Gasteiger partial charge is 0.0649 e. The summed E-state index contributed by atoms with van der Waals surface area (Å²) in [5.74, 6) is 0. The van der Waals surface area contributed by atoms with Crippen LogP contribution in [0.2, 0.25) is 0 Å². The third-order valence-electron chi connectivity index (χ3n) is 4.80. The molecule has 3 heterocycles. The lowest BCUT2D eigenvalue weighted by molar-refractivity contribution is 0.175. The zero-order chi connectivity index (χ0) is 15.5. The first kappa shape index (κ1) is 16.8. The Labute approximate surface area is 143 Å². The van der Waals surface area contributed by atoms with Crippen molar-refractivity contribution in [3.05, 3.63) is 17.0 Å². The molecule has 0 spiro atoms. The molecule has 0 unspecified atom stereocenters. The van der Waals surface area contributed by atoms with E-state index in [0.717, 1.165) is 5.25 Å². The fraction of sp³-hybridized carbons (Fsp3) is 0.765. The van der Waals surface area contributed by atoms with Crippen LogP contribution in [0.5, 0.6) is 0 Å². The molecular weight excluding hydrogens is 310 g/mol. The van der Waals surface area contributed by atoms with Crippen molar-refractivity contribution >= 4 is 23.1 Å². The highest BCUT2D eigenvalue weighted by Crippen LogP contribution is 2.44. The maximum Gasteiger partial charge on any atom is 0.0649 e. The minimum absolute atomic E-state index is 0.579. The maximum absolute atomic E-state index is 3.97. The van der Waals surface area contributed by atoms with Gasteiger partial charge in [-0.3, -0.25) is 0 Å². The zero-order valence-electron chi connectivity index (χ0n) is 14.0. The lowest BCUT2D eigenvalue weighted by Crippen LogP contribution is -2.45. The van der Waals surface area contributed by atoms with Gasteiger partial charge in [0.15, 0.2) is 0 Å². The Morgan fingerprint density at radius 3 is 2.82 bits per heavy atom. The maximum atomic E-state index is 3.97. The van der Waals surface area contributed by atoms with Gasteiger partial charge in [0, 0.05) is 30.4 Å². The number of nitrogens with one attached hydrogen (secondary N) is 1. The van der Waals surface area contributed by atoms with Gasteiger partial charge in [-0.25, -0.2) is 0 Å². The van der Waals surface area contributed by atoms with Gasteiger partial charge >= 0.3 is 0 Å². The van der Waals surface area contributed by atoms with Crippen LogP contribution in [-0.4, -0.2) is 61.4 Å². The van der Waals surface area contributed by atoms with Crippen LogP contribution < -0.4 is 5.32 Å². The van der Waals surface area contributed by atoms with E-state index in [1.54, 1.807) is 9.77 Å². The highest BCUT2D eigenvalue weighted by Gasteiger charge is 2.29. The minimum atomic E-state index is 0.579. The van der Waals surface area contributed by atoms with Gasteiger partial charge in [-0.05, 0) is 63.5 Å². The highest BCUT2D eigenvalue weighted by atomic mass is 32.2. The number of rotatable bonds is 5. The number of likely N-dealkylation sites (tertiary alicyclic amines) is 1. The second-order valence-corrected chi connectivity index (χ2v) is 9.59. The quantitative estimate of drug-likeness (QED) is 0.887. The van der Waals surface area contributed by atoms with Gasteiger partial charge < -0.3 is 15.1 Å². The van der Waals surface area contributed by atoms with Crippen molar-refractivity contribution in [2.75, 3.05) is 40.3 Å². The van der Waals surface area contributed by atoms with Crippen LogP contribution in [0.4, 0.5) is 0 Å². The summed E-state index contributed by atoms with van der Waals surface area (Å²) in [6.45, 7) is 7.25. The van der Waals surface area contributed by atoms with E-state index in [1.165, 1.54) is 45.4 Å². The van der Waals surface area contributed by atoms with Crippen LogP contribution in [0.1, 0.15) is 37.8 Å². The fourth-order valence-electron chi connectivity index (χ4n) is 3.46. The van der Waals surface area contributed by atoms with Crippen molar-refractivity contribution in [1.29, 1.82) is 0 Å². The summed E-state index contributed by atoms with van der Waals surface area (Å²) in [5, 5.41) is 6.97. The summed E-state index contributed by atoms with van der Waals surface area (Å²) in [6, 6.07) is 3.61. The number of likely N-dealkylation sites (N-methyl/N-ethyl adjacent to an activating group) is 1. The molecule has 1 aromatic rings. The van der Waals surface area contributed by atoms with Gasteiger partial charge in [0.2, 0.25) is 0 Å². The number of piperidine rings is 1. The van der Waals surface area contributed by atoms with Gasteiger partial charge in [-0.1, -0.05) is 6.92 Å². The van der Waals surface area contributed by atoms with Crippen LogP contribution in [-0.2, 0) is 0 Å². The van der Waals surface area contributed by atoms with Crippen molar-refractivity contribution in [3.63, 3.8) is 0 Å². The normalized spacial score (nSPS) is 27.3. The topological polar surface area (TPSA) is 18.5 Å². The third kappa shape index (κ3) is 4.26. The Balaban J connectivity index is 1.49. The van der Waals surface area contributed by atoms with Gasteiger partial charge in [-0.15, -0.1) is 23.1 Å². The SMILES string of the molecule is C[C@H]1C[C@H](NC2CCN(CCN(C)C)CC2)c2ccsc2S1. The van der Waals surface area contributed by atoms with Crippen LogP contribution >= 0.6 is 23.1 Å². The Bertz CT molecular complexity index is 466. The summed E-state index contributed by atoms with van der Waals surface area (Å²) in [4.78, 5) is 4.90. The summed E-state index contributed by atoms with van der Waals surface area (Å²) in [7, 11) is 4.32. The van der Waals surface area contributed by atoms with Gasteiger partial charge in [0.05, 0.1) is 4.21 Å². The van der Waals surface area contributed by atoms with E-state index in [-0.39, 0.29) is 0 Å². The van der Waals surface area contributed by atoms with Crippen molar-refractivity contribution in [1.82, 2.24) is 15.1 Å². The zero-order valence-corrected chi connectivity index (χ0v) is 15.7. The molecule has 0 bridgehead atoms. The molecule has 0 amide bonds. The fourth-order valence-corrected chi connectivity index (χ4v) is 6.02. The molecule has 5 heteroatoms. The van der Waals surface area contributed by atoms with Crippen LogP contribution in [0.3, 0.4) is 0 Å². The monoisotopic (exact) mass is 339 g/mol. The second kappa shape index (κ2) is 7.67. The molecule has 0 aromatic carbocycles. The molecule has 0 saturated carbocycles. The first-order chi connectivity index (χ1) is 10.6. The van der Waals surface area contributed by atoms with E-state index in [0.29, 0.717) is 12.1 Å². The Morgan fingerprint density at radius 2 is 2.09 bits per heavy atom. The number of nitrogens with zero attached hydrogens (tertiary/aromatic N) is 2. The summed E-state index contributed by atoms with van der Waals surface area (Å²) < 4.78 is 1.54. The molecule has 2 aliphatic rings. The van der Waals surface area contributed by atoms with Crippen LogP contribution in [0.25, 0.3) is 0 Å². The van der Waals surface area contributed by atoms with E-state index >= 15 is 0 Å². The lowest BCUT2D eigenvalue weighted by atomic mass is 9.99. The lowest BCUT2D eigenvalue weighted by Gasteiger charge is -2.36. The van der Waals surface area contributed by atoms with Crippen LogP contribution in [0, 0.1) is 0 Å². The molecule has 0 radical (unpaired) electrons. The Kier molecular flexibility index (Phi) is 5.85. The molecule has 1 saturated heterocycles. The molecule has 3 rings (SSSR count). The van der Waals surface area contributed by atoms with E-state index in [1.807, 2.05) is 11.3 Å². The first-order valence-corrected chi connectivity index (χ1v) is 10.2. The largest absolute Gasteiger partial charge is 0.308 e. The van der Waals surface area contributed by atoms with E-state index in [2.05, 4.69) is 59.3 Å². The highest BCUT2D eigenvalue weighted by molar-refractivity contribution is 8.01. The minimum Gasteiger partial charge on any atom is -0.308 e. The summed E-state index contributed by atoms with van der Waals surface area (Å²) >= 11 is 3.97. The van der Waals surface area contributed by atoms with Crippen molar-refractivity contribution in [2.45, 2.75) is 47.7 Å². The second-order valence-electron chi connectivity index (χ2n) is 6.97.